The minimum atomic E-state index is 0.860. The number of nitrogens with zero attached hydrogens (tertiary/aromatic N) is 3. The van der Waals surface area contributed by atoms with Gasteiger partial charge in [0.1, 0.15) is 11.2 Å². The Hall–Kier alpha value is -8.60. The Bertz CT molecular complexity index is 4170. The van der Waals surface area contributed by atoms with E-state index >= 15 is 0 Å². The quantitative estimate of drug-likeness (QED) is 0.162. The molecule has 0 aliphatic heterocycles. The van der Waals surface area contributed by atoms with Gasteiger partial charge in [-0.2, -0.15) is 0 Å². The van der Waals surface area contributed by atoms with Gasteiger partial charge >= 0.3 is 0 Å². The molecular formula is C60H37N3O. The van der Waals surface area contributed by atoms with Crippen LogP contribution in [0.5, 0.6) is 0 Å². The van der Waals surface area contributed by atoms with Gasteiger partial charge in [-0.15, -0.1) is 0 Å². The molecule has 0 aliphatic rings. The van der Waals surface area contributed by atoms with E-state index in [0.717, 1.165) is 55.9 Å². The first-order valence-electron chi connectivity index (χ1n) is 21.9. The lowest BCUT2D eigenvalue weighted by atomic mass is 9.94. The summed E-state index contributed by atoms with van der Waals surface area (Å²) in [4.78, 5) is 2.40. The first kappa shape index (κ1) is 35.0. The van der Waals surface area contributed by atoms with Crippen molar-refractivity contribution in [3.8, 4) is 11.4 Å². The van der Waals surface area contributed by atoms with Crippen LogP contribution in [0.1, 0.15) is 0 Å². The number of para-hydroxylation sites is 4. The molecule has 0 bridgehead atoms. The largest absolute Gasteiger partial charge is 0.456 e. The Morgan fingerprint density at radius 1 is 0.250 bits per heavy atom. The molecule has 0 saturated carbocycles. The van der Waals surface area contributed by atoms with Crippen LogP contribution in [0.3, 0.4) is 0 Å². The number of fused-ring (bicyclic) bond motifs is 15. The van der Waals surface area contributed by atoms with E-state index in [1.54, 1.807) is 0 Å². The van der Waals surface area contributed by atoms with E-state index in [9.17, 15) is 0 Å². The highest BCUT2D eigenvalue weighted by molar-refractivity contribution is 6.26. The molecule has 14 aromatic rings. The van der Waals surface area contributed by atoms with Gasteiger partial charge in [-0.05, 0) is 117 Å². The molecule has 0 aliphatic carbocycles. The summed E-state index contributed by atoms with van der Waals surface area (Å²) in [5.41, 5.74) is 11.8. The molecule has 11 aromatic carbocycles. The first-order chi connectivity index (χ1) is 31.7. The average Bonchev–Trinajstić information content (AvgIpc) is 4.01. The Morgan fingerprint density at radius 3 is 1.41 bits per heavy atom. The van der Waals surface area contributed by atoms with Crippen LogP contribution in [0, 0.1) is 0 Å². The van der Waals surface area contributed by atoms with Crippen molar-refractivity contribution in [2.45, 2.75) is 0 Å². The topological polar surface area (TPSA) is 26.2 Å². The summed E-state index contributed by atoms with van der Waals surface area (Å²) in [5, 5.41) is 14.6. The van der Waals surface area contributed by atoms with Crippen molar-refractivity contribution in [2.75, 3.05) is 4.90 Å². The van der Waals surface area contributed by atoms with Crippen molar-refractivity contribution < 1.29 is 4.42 Å². The molecule has 298 valence electrons. The summed E-state index contributed by atoms with van der Waals surface area (Å²) < 4.78 is 11.4. The summed E-state index contributed by atoms with van der Waals surface area (Å²) in [6.07, 6.45) is 0. The van der Waals surface area contributed by atoms with E-state index in [4.69, 9.17) is 4.42 Å². The smallest absolute Gasteiger partial charge is 0.137 e. The van der Waals surface area contributed by atoms with Gasteiger partial charge in [0.25, 0.3) is 0 Å². The van der Waals surface area contributed by atoms with Gasteiger partial charge in [0.15, 0.2) is 0 Å². The number of rotatable bonds is 5. The van der Waals surface area contributed by atoms with Gasteiger partial charge in [-0.25, -0.2) is 0 Å². The fraction of sp³-hybridized carbons (Fsp3) is 0. The first-order valence-corrected chi connectivity index (χ1v) is 21.9. The Kier molecular flexibility index (Phi) is 7.36. The number of hydrogen-bond donors (Lipinski definition) is 0. The Morgan fingerprint density at radius 2 is 0.703 bits per heavy atom. The normalized spacial score (nSPS) is 12.1. The van der Waals surface area contributed by atoms with E-state index in [2.05, 4.69) is 232 Å². The van der Waals surface area contributed by atoms with Crippen LogP contribution in [0.15, 0.2) is 229 Å². The Labute approximate surface area is 367 Å². The lowest BCUT2D eigenvalue weighted by Gasteiger charge is -2.26. The number of benzene rings is 11. The second-order valence-corrected chi connectivity index (χ2v) is 16.9. The molecule has 0 spiro atoms. The SMILES string of the molecule is c1ccc(-n2c3ccccc3c3cc(-n4c5ccccc5c5ccc(N(c6ccc7c(c6)oc6ccccc67)c6ccc7c8ccccc8c8ccccc8c7c6)cc54)ccc32)cc1. The van der Waals surface area contributed by atoms with Crippen molar-refractivity contribution in [3.63, 3.8) is 0 Å². The maximum absolute atomic E-state index is 6.54. The van der Waals surface area contributed by atoms with E-state index in [1.807, 2.05) is 6.07 Å². The summed E-state index contributed by atoms with van der Waals surface area (Å²) in [5.74, 6) is 0. The third-order valence-corrected chi connectivity index (χ3v) is 13.5. The summed E-state index contributed by atoms with van der Waals surface area (Å²) in [7, 11) is 0. The third kappa shape index (κ3) is 5.05. The highest BCUT2D eigenvalue weighted by atomic mass is 16.3. The van der Waals surface area contributed by atoms with Crippen molar-refractivity contribution in [1.82, 2.24) is 9.13 Å². The van der Waals surface area contributed by atoms with Crippen LogP contribution in [-0.2, 0) is 0 Å². The molecule has 0 amide bonds. The van der Waals surface area contributed by atoms with Gasteiger partial charge in [0.2, 0.25) is 0 Å². The fourth-order valence-electron chi connectivity index (χ4n) is 10.7. The van der Waals surface area contributed by atoms with E-state index in [-0.39, 0.29) is 0 Å². The second kappa shape index (κ2) is 13.4. The standard InChI is InChI=1S/C60H37N3O/c1-2-14-38(15-3-1)62-56-24-12-9-21-49(56)54-35-40(29-33-57(54)62)63-55-23-11-8-20-48(55)50-31-27-41(36-58(50)63)61(42-28-32-52-51-22-10-13-25-59(51)64-60(52)37-42)39-26-30-47-45-18-5-4-16-43(45)44-17-6-7-19-46(44)53(47)34-39/h1-37H. The van der Waals surface area contributed by atoms with Crippen molar-refractivity contribution >= 4 is 115 Å². The molecule has 0 unspecified atom stereocenters. The van der Waals surface area contributed by atoms with Crippen LogP contribution in [-0.4, -0.2) is 9.13 Å². The second-order valence-electron chi connectivity index (χ2n) is 16.9. The molecule has 4 nitrogen and oxygen atoms in total. The van der Waals surface area contributed by atoms with Crippen molar-refractivity contribution in [2.24, 2.45) is 0 Å². The molecule has 3 heterocycles. The number of anilines is 3. The average molecular weight is 816 g/mol. The highest BCUT2D eigenvalue weighted by Gasteiger charge is 2.21. The summed E-state index contributed by atoms with van der Waals surface area (Å²) in [6, 6.07) is 81.6. The monoisotopic (exact) mass is 815 g/mol. The van der Waals surface area contributed by atoms with Crippen LogP contribution >= 0.6 is 0 Å². The predicted octanol–water partition coefficient (Wildman–Crippen LogP) is 16.7. The number of furan rings is 1. The van der Waals surface area contributed by atoms with Gasteiger partial charge in [0.05, 0.1) is 22.1 Å². The van der Waals surface area contributed by atoms with Crippen LogP contribution in [0.4, 0.5) is 17.1 Å². The maximum atomic E-state index is 6.54. The minimum Gasteiger partial charge on any atom is -0.456 e. The number of aromatic nitrogens is 2. The predicted molar refractivity (Wildman–Crippen MR) is 270 cm³/mol. The zero-order valence-corrected chi connectivity index (χ0v) is 34.6. The van der Waals surface area contributed by atoms with Gasteiger partial charge in [-0.1, -0.05) is 133 Å². The van der Waals surface area contributed by atoms with Gasteiger partial charge < -0.3 is 18.5 Å². The fourth-order valence-corrected chi connectivity index (χ4v) is 10.7. The maximum Gasteiger partial charge on any atom is 0.137 e. The van der Waals surface area contributed by atoms with Crippen molar-refractivity contribution in [3.05, 3.63) is 224 Å². The molecule has 0 saturated heterocycles. The Balaban J connectivity index is 1.03. The van der Waals surface area contributed by atoms with Crippen molar-refractivity contribution in [1.29, 1.82) is 0 Å². The number of hydrogen-bond acceptors (Lipinski definition) is 2. The van der Waals surface area contributed by atoms with E-state index in [1.165, 1.54) is 70.4 Å². The molecule has 64 heavy (non-hydrogen) atoms. The zero-order chi connectivity index (χ0) is 41.9. The third-order valence-electron chi connectivity index (χ3n) is 13.5. The molecule has 0 atom stereocenters. The van der Waals surface area contributed by atoms with E-state index in [0.29, 0.717) is 0 Å². The zero-order valence-electron chi connectivity index (χ0n) is 34.6. The van der Waals surface area contributed by atoms with Gasteiger partial charge in [-0.3, -0.25) is 0 Å². The molecule has 3 aromatic heterocycles. The molecular weight excluding hydrogens is 779 g/mol. The molecule has 0 radical (unpaired) electrons. The minimum absolute atomic E-state index is 0.860. The van der Waals surface area contributed by atoms with Gasteiger partial charge in [0, 0.05) is 66.8 Å². The molecule has 4 heteroatoms. The highest BCUT2D eigenvalue weighted by Crippen LogP contribution is 2.45. The molecule has 0 N–H and O–H groups in total. The van der Waals surface area contributed by atoms with E-state index < -0.39 is 0 Å². The lowest BCUT2D eigenvalue weighted by Crippen LogP contribution is -2.10. The molecule has 14 rings (SSSR count). The van der Waals surface area contributed by atoms with Crippen LogP contribution in [0.25, 0.3) is 109 Å². The molecule has 0 fully saturated rings. The lowest BCUT2D eigenvalue weighted by molar-refractivity contribution is 0.669. The van der Waals surface area contributed by atoms with Crippen LogP contribution in [0.2, 0.25) is 0 Å². The summed E-state index contributed by atoms with van der Waals surface area (Å²) in [6.45, 7) is 0. The van der Waals surface area contributed by atoms with Crippen LogP contribution < -0.4 is 4.90 Å². The summed E-state index contributed by atoms with van der Waals surface area (Å²) >= 11 is 0.